The molecule has 0 saturated carbocycles. The molecule has 1 amide bonds. The van der Waals surface area contributed by atoms with Gasteiger partial charge in [-0.3, -0.25) is 4.79 Å². The number of aromatic amines is 1. The van der Waals surface area contributed by atoms with E-state index in [0.29, 0.717) is 5.96 Å². The molecule has 0 unspecified atom stereocenters. The minimum atomic E-state index is -0.242. The molecule has 4 N–H and O–H groups in total. The molecule has 0 spiro atoms. The number of amides is 1. The number of H-pyrrole nitrogens is 1. The first-order valence-corrected chi connectivity index (χ1v) is 8.77. The molecule has 7 heteroatoms. The number of carbonyl (C=O) groups excluding carboxylic acids is 1. The summed E-state index contributed by atoms with van der Waals surface area (Å²) in [6.45, 7) is 9.48. The predicted molar refractivity (Wildman–Crippen MR) is 119 cm³/mol. The van der Waals surface area contributed by atoms with Crippen molar-refractivity contribution in [2.45, 2.75) is 39.7 Å². The Kier molecular flexibility index (Phi) is 8.91. The number of fused-ring (bicyclic) bond motifs is 1. The minimum Gasteiger partial charge on any atom is -0.361 e. The van der Waals surface area contributed by atoms with Gasteiger partial charge in [0, 0.05) is 35.7 Å². The number of nitrogens with one attached hydrogen (secondary N) is 4. The molecule has 0 radical (unpaired) electrons. The third-order valence-corrected chi connectivity index (χ3v) is 3.60. The Hall–Kier alpha value is -1.77. The molecule has 0 atom stereocenters. The standard InChI is InChI=1S/C19H29N5O.HI/c1-5-20-18(23-13-17(25)24-19(2,3)4)21-11-10-14-12-22-16-9-7-6-8-15(14)16;/h6-9,12,22H,5,10-11,13H2,1-4H3,(H,24,25)(H2,20,21,23);1H. The fourth-order valence-corrected chi connectivity index (χ4v) is 2.60. The van der Waals surface area contributed by atoms with Crippen molar-refractivity contribution in [2.75, 3.05) is 19.6 Å². The SMILES string of the molecule is CCNC(=NCC(=O)NC(C)(C)C)NCCc1c[nH]c2ccccc12.I. The van der Waals surface area contributed by atoms with E-state index in [-0.39, 0.29) is 42.0 Å². The summed E-state index contributed by atoms with van der Waals surface area (Å²) in [5.41, 5.74) is 2.18. The van der Waals surface area contributed by atoms with Crippen molar-refractivity contribution in [1.82, 2.24) is 20.9 Å². The highest BCUT2D eigenvalue weighted by atomic mass is 127. The summed E-state index contributed by atoms with van der Waals surface area (Å²) < 4.78 is 0. The van der Waals surface area contributed by atoms with Crippen LogP contribution in [0, 0.1) is 0 Å². The molecule has 0 aliphatic carbocycles. The molecule has 0 aliphatic heterocycles. The third-order valence-electron chi connectivity index (χ3n) is 3.60. The zero-order chi connectivity index (χ0) is 18.3. The van der Waals surface area contributed by atoms with E-state index < -0.39 is 0 Å². The van der Waals surface area contributed by atoms with Crippen LogP contribution in [-0.2, 0) is 11.2 Å². The van der Waals surface area contributed by atoms with Gasteiger partial charge >= 0.3 is 0 Å². The van der Waals surface area contributed by atoms with Crippen molar-refractivity contribution in [3.63, 3.8) is 0 Å². The van der Waals surface area contributed by atoms with Crippen LogP contribution in [0.15, 0.2) is 35.5 Å². The van der Waals surface area contributed by atoms with Crippen LogP contribution in [0.5, 0.6) is 0 Å². The maximum absolute atomic E-state index is 11.9. The Morgan fingerprint density at radius 3 is 2.62 bits per heavy atom. The molecule has 1 aromatic carbocycles. The number of hydrogen-bond acceptors (Lipinski definition) is 2. The molecule has 2 aromatic rings. The lowest BCUT2D eigenvalue weighted by Gasteiger charge is -2.20. The van der Waals surface area contributed by atoms with Crippen LogP contribution < -0.4 is 16.0 Å². The molecule has 0 fully saturated rings. The molecule has 0 bridgehead atoms. The van der Waals surface area contributed by atoms with E-state index in [1.807, 2.05) is 46.0 Å². The van der Waals surface area contributed by atoms with Crippen molar-refractivity contribution in [3.05, 3.63) is 36.0 Å². The highest BCUT2D eigenvalue weighted by Gasteiger charge is 2.13. The van der Waals surface area contributed by atoms with Crippen molar-refractivity contribution >= 4 is 46.7 Å². The van der Waals surface area contributed by atoms with E-state index in [4.69, 9.17) is 0 Å². The molecule has 26 heavy (non-hydrogen) atoms. The molecule has 2 rings (SSSR count). The van der Waals surface area contributed by atoms with Gasteiger partial charge in [-0.2, -0.15) is 0 Å². The highest BCUT2D eigenvalue weighted by Crippen LogP contribution is 2.17. The molecule has 0 aliphatic rings. The fraction of sp³-hybridized carbons (Fsp3) is 0.474. The number of benzene rings is 1. The number of aromatic nitrogens is 1. The first-order chi connectivity index (χ1) is 11.9. The van der Waals surface area contributed by atoms with E-state index in [1.165, 1.54) is 10.9 Å². The van der Waals surface area contributed by atoms with Crippen molar-refractivity contribution in [2.24, 2.45) is 4.99 Å². The molecule has 1 aromatic heterocycles. The lowest BCUT2D eigenvalue weighted by Crippen LogP contribution is -2.43. The average Bonchev–Trinajstić information content (AvgIpc) is 2.94. The summed E-state index contributed by atoms with van der Waals surface area (Å²) in [6.07, 6.45) is 2.93. The van der Waals surface area contributed by atoms with Crippen LogP contribution >= 0.6 is 24.0 Å². The zero-order valence-electron chi connectivity index (χ0n) is 16.0. The number of guanidine groups is 1. The molecular weight excluding hydrogens is 441 g/mol. The van der Waals surface area contributed by atoms with Crippen LogP contribution in [0.3, 0.4) is 0 Å². The smallest absolute Gasteiger partial charge is 0.242 e. The molecule has 144 valence electrons. The summed E-state index contributed by atoms with van der Waals surface area (Å²) >= 11 is 0. The Balaban J connectivity index is 0.00000338. The Morgan fingerprint density at radius 1 is 1.19 bits per heavy atom. The molecular formula is C19H30IN5O. The number of aliphatic imine (C=N–C) groups is 1. The molecule has 1 heterocycles. The van der Waals surface area contributed by atoms with Gasteiger partial charge in [0.1, 0.15) is 6.54 Å². The van der Waals surface area contributed by atoms with E-state index in [1.54, 1.807) is 0 Å². The fourth-order valence-electron chi connectivity index (χ4n) is 2.60. The second-order valence-corrected chi connectivity index (χ2v) is 7.03. The predicted octanol–water partition coefficient (Wildman–Crippen LogP) is 2.80. The summed E-state index contributed by atoms with van der Waals surface area (Å²) in [5, 5.41) is 10.6. The van der Waals surface area contributed by atoms with Gasteiger partial charge in [0.2, 0.25) is 5.91 Å². The Bertz CT molecular complexity index is 733. The van der Waals surface area contributed by atoms with Crippen molar-refractivity contribution in [1.29, 1.82) is 0 Å². The lowest BCUT2D eigenvalue weighted by atomic mass is 10.1. The topological polar surface area (TPSA) is 81.3 Å². The van der Waals surface area contributed by atoms with Crippen LogP contribution in [-0.4, -0.2) is 42.0 Å². The molecule has 0 saturated heterocycles. The Labute approximate surface area is 172 Å². The van der Waals surface area contributed by atoms with E-state index >= 15 is 0 Å². The van der Waals surface area contributed by atoms with Gasteiger partial charge in [-0.05, 0) is 45.7 Å². The van der Waals surface area contributed by atoms with Crippen molar-refractivity contribution < 1.29 is 4.79 Å². The van der Waals surface area contributed by atoms with E-state index in [9.17, 15) is 4.79 Å². The minimum absolute atomic E-state index is 0. The quantitative estimate of drug-likeness (QED) is 0.297. The van der Waals surface area contributed by atoms with Gasteiger partial charge in [-0.25, -0.2) is 4.99 Å². The van der Waals surface area contributed by atoms with Gasteiger partial charge in [-0.15, -0.1) is 24.0 Å². The van der Waals surface area contributed by atoms with Gasteiger partial charge in [0.25, 0.3) is 0 Å². The van der Waals surface area contributed by atoms with Gasteiger partial charge in [-0.1, -0.05) is 18.2 Å². The van der Waals surface area contributed by atoms with Crippen LogP contribution in [0.25, 0.3) is 10.9 Å². The normalized spacial score (nSPS) is 11.8. The van der Waals surface area contributed by atoms with Gasteiger partial charge in [0.05, 0.1) is 0 Å². The summed E-state index contributed by atoms with van der Waals surface area (Å²) in [5.74, 6) is 0.577. The third kappa shape index (κ3) is 7.23. The highest BCUT2D eigenvalue weighted by molar-refractivity contribution is 14.0. The second-order valence-electron chi connectivity index (χ2n) is 7.03. The number of para-hydroxylation sites is 1. The van der Waals surface area contributed by atoms with Crippen LogP contribution in [0.2, 0.25) is 0 Å². The summed E-state index contributed by atoms with van der Waals surface area (Å²) in [7, 11) is 0. The summed E-state index contributed by atoms with van der Waals surface area (Å²) in [4.78, 5) is 19.5. The largest absolute Gasteiger partial charge is 0.361 e. The number of rotatable bonds is 6. The monoisotopic (exact) mass is 471 g/mol. The first-order valence-electron chi connectivity index (χ1n) is 8.77. The maximum Gasteiger partial charge on any atom is 0.242 e. The van der Waals surface area contributed by atoms with Gasteiger partial charge in [0.15, 0.2) is 5.96 Å². The average molecular weight is 471 g/mol. The lowest BCUT2D eigenvalue weighted by molar-refractivity contribution is -0.121. The number of nitrogens with zero attached hydrogens (tertiary/aromatic N) is 1. The second kappa shape index (κ2) is 10.4. The number of carbonyl (C=O) groups is 1. The van der Waals surface area contributed by atoms with Crippen molar-refractivity contribution in [3.8, 4) is 0 Å². The van der Waals surface area contributed by atoms with E-state index in [2.05, 4.69) is 38.1 Å². The van der Waals surface area contributed by atoms with E-state index in [0.717, 1.165) is 25.0 Å². The number of halogens is 1. The zero-order valence-corrected chi connectivity index (χ0v) is 18.3. The van der Waals surface area contributed by atoms with Crippen LogP contribution in [0.4, 0.5) is 0 Å². The number of hydrogen-bond donors (Lipinski definition) is 4. The van der Waals surface area contributed by atoms with Gasteiger partial charge < -0.3 is 20.9 Å². The Morgan fingerprint density at radius 2 is 1.92 bits per heavy atom. The first kappa shape index (κ1) is 22.3. The maximum atomic E-state index is 11.9. The van der Waals surface area contributed by atoms with Crippen LogP contribution in [0.1, 0.15) is 33.3 Å². The molecule has 6 nitrogen and oxygen atoms in total. The summed E-state index contributed by atoms with van der Waals surface area (Å²) in [6, 6.07) is 8.27.